The van der Waals surface area contributed by atoms with Crippen LogP contribution in [0.25, 0.3) is 5.69 Å². The zero-order valence-electron chi connectivity index (χ0n) is 14.4. The minimum Gasteiger partial charge on any atom is -0.312 e. The third-order valence-corrected chi connectivity index (χ3v) is 4.65. The second kappa shape index (κ2) is 6.67. The van der Waals surface area contributed by atoms with E-state index in [1.807, 2.05) is 31.2 Å². The Labute approximate surface area is 150 Å². The van der Waals surface area contributed by atoms with Gasteiger partial charge in [0.25, 0.3) is 0 Å². The molecule has 0 radical (unpaired) electrons. The number of nitrogens with zero attached hydrogens (tertiary/aromatic N) is 5. The van der Waals surface area contributed by atoms with Crippen molar-refractivity contribution in [2.24, 2.45) is 0 Å². The van der Waals surface area contributed by atoms with Gasteiger partial charge in [0.15, 0.2) is 0 Å². The molecule has 1 amide bonds. The van der Waals surface area contributed by atoms with E-state index in [1.54, 1.807) is 15.6 Å². The van der Waals surface area contributed by atoms with Crippen LogP contribution in [-0.2, 0) is 17.6 Å². The van der Waals surface area contributed by atoms with Crippen molar-refractivity contribution in [2.45, 2.75) is 26.2 Å². The Morgan fingerprint density at radius 3 is 2.77 bits per heavy atom. The summed E-state index contributed by atoms with van der Waals surface area (Å²) in [6.07, 6.45) is 3.47. The Kier molecular flexibility index (Phi) is 4.20. The van der Waals surface area contributed by atoms with Crippen LogP contribution in [0.4, 0.5) is 10.1 Å². The summed E-state index contributed by atoms with van der Waals surface area (Å²) in [5.41, 5.74) is 4.34. The molecule has 0 bridgehead atoms. The summed E-state index contributed by atoms with van der Waals surface area (Å²) in [5, 5.41) is 11.1. The summed E-state index contributed by atoms with van der Waals surface area (Å²) in [7, 11) is 0. The molecule has 0 unspecified atom stereocenters. The van der Waals surface area contributed by atoms with Crippen molar-refractivity contribution < 1.29 is 9.18 Å². The van der Waals surface area contributed by atoms with Crippen molar-refractivity contribution in [2.75, 3.05) is 11.4 Å². The molecule has 1 aromatic heterocycles. The minimum absolute atomic E-state index is 0.0239. The van der Waals surface area contributed by atoms with Crippen molar-refractivity contribution in [1.82, 2.24) is 20.2 Å². The molecule has 1 aliphatic heterocycles. The molecule has 7 heteroatoms. The van der Waals surface area contributed by atoms with Gasteiger partial charge in [0.2, 0.25) is 5.91 Å². The molecule has 0 saturated carbocycles. The quantitative estimate of drug-likeness (QED) is 0.728. The second-order valence-electron chi connectivity index (χ2n) is 6.48. The predicted octanol–water partition coefficient (Wildman–Crippen LogP) is 2.63. The first kappa shape index (κ1) is 16.4. The van der Waals surface area contributed by atoms with E-state index in [1.165, 1.54) is 12.4 Å². The van der Waals surface area contributed by atoms with Crippen molar-refractivity contribution in [3.8, 4) is 5.69 Å². The number of aromatic nitrogens is 4. The number of fused-ring (bicyclic) bond motifs is 1. The molecule has 2 aromatic carbocycles. The fraction of sp³-hybridized carbons (Fsp3) is 0.263. The zero-order chi connectivity index (χ0) is 18.1. The lowest BCUT2D eigenvalue weighted by molar-refractivity contribution is -0.118. The van der Waals surface area contributed by atoms with Gasteiger partial charge in [0.05, 0.1) is 12.1 Å². The number of aryl methyl sites for hydroxylation is 2. The first-order valence-corrected chi connectivity index (χ1v) is 8.53. The van der Waals surface area contributed by atoms with Crippen LogP contribution in [0.5, 0.6) is 0 Å². The lowest BCUT2D eigenvalue weighted by Crippen LogP contribution is -2.37. The van der Waals surface area contributed by atoms with Crippen molar-refractivity contribution in [1.29, 1.82) is 0 Å². The number of anilines is 1. The molecular formula is C19H18FN5O. The summed E-state index contributed by atoms with van der Waals surface area (Å²) < 4.78 is 15.2. The normalized spacial score (nSPS) is 13.5. The first-order valence-electron chi connectivity index (χ1n) is 8.53. The number of tetrazole rings is 1. The molecule has 0 saturated heterocycles. The predicted molar refractivity (Wildman–Crippen MR) is 94.7 cm³/mol. The highest BCUT2D eigenvalue weighted by atomic mass is 19.1. The van der Waals surface area contributed by atoms with Crippen LogP contribution in [0.3, 0.4) is 0 Å². The molecule has 3 aromatic rings. The summed E-state index contributed by atoms with van der Waals surface area (Å²) in [6.45, 7) is 2.52. The van der Waals surface area contributed by atoms with Gasteiger partial charge in [-0.25, -0.2) is 9.07 Å². The molecule has 132 valence electrons. The van der Waals surface area contributed by atoms with Gasteiger partial charge >= 0.3 is 0 Å². The SMILES string of the molecule is Cc1cc(F)cc2c1N(C(=O)Cc1ccc(-n3cnnn3)cc1)CCC2. The van der Waals surface area contributed by atoms with E-state index in [9.17, 15) is 9.18 Å². The third-order valence-electron chi connectivity index (χ3n) is 4.65. The summed E-state index contributed by atoms with van der Waals surface area (Å²) >= 11 is 0. The third kappa shape index (κ3) is 3.08. The zero-order valence-corrected chi connectivity index (χ0v) is 14.4. The highest BCUT2D eigenvalue weighted by Gasteiger charge is 2.25. The average Bonchev–Trinajstić information content (AvgIpc) is 3.16. The van der Waals surface area contributed by atoms with Crippen LogP contribution in [0, 0.1) is 12.7 Å². The largest absolute Gasteiger partial charge is 0.312 e. The van der Waals surface area contributed by atoms with E-state index in [0.29, 0.717) is 13.0 Å². The number of hydrogen-bond donors (Lipinski definition) is 0. The summed E-state index contributed by atoms with van der Waals surface area (Å²) in [6, 6.07) is 10.6. The van der Waals surface area contributed by atoms with E-state index < -0.39 is 0 Å². The number of hydrogen-bond acceptors (Lipinski definition) is 4. The Hall–Kier alpha value is -3.09. The molecule has 2 heterocycles. The minimum atomic E-state index is -0.242. The van der Waals surface area contributed by atoms with Gasteiger partial charge in [-0.05, 0) is 71.1 Å². The van der Waals surface area contributed by atoms with Crippen LogP contribution < -0.4 is 4.90 Å². The molecule has 6 nitrogen and oxygen atoms in total. The summed E-state index contributed by atoms with van der Waals surface area (Å²) in [5.74, 6) is -0.218. The monoisotopic (exact) mass is 351 g/mol. The average molecular weight is 351 g/mol. The number of rotatable bonds is 3. The van der Waals surface area contributed by atoms with Crippen LogP contribution in [-0.4, -0.2) is 32.7 Å². The highest BCUT2D eigenvalue weighted by Crippen LogP contribution is 2.32. The Balaban J connectivity index is 1.55. The second-order valence-corrected chi connectivity index (χ2v) is 6.48. The van der Waals surface area contributed by atoms with Gasteiger partial charge in [-0.15, -0.1) is 5.10 Å². The Bertz CT molecular complexity index is 937. The van der Waals surface area contributed by atoms with Gasteiger partial charge < -0.3 is 4.90 Å². The van der Waals surface area contributed by atoms with Crippen molar-refractivity contribution in [3.05, 3.63) is 65.2 Å². The molecule has 1 aliphatic rings. The molecule has 26 heavy (non-hydrogen) atoms. The molecule has 0 N–H and O–H groups in total. The van der Waals surface area contributed by atoms with Crippen LogP contribution >= 0.6 is 0 Å². The number of carbonyl (C=O) groups is 1. The van der Waals surface area contributed by atoms with E-state index in [2.05, 4.69) is 15.5 Å². The van der Waals surface area contributed by atoms with Crippen molar-refractivity contribution >= 4 is 11.6 Å². The van der Waals surface area contributed by atoms with E-state index >= 15 is 0 Å². The Morgan fingerprint density at radius 1 is 1.23 bits per heavy atom. The van der Waals surface area contributed by atoms with E-state index in [0.717, 1.165) is 40.9 Å². The number of amides is 1. The maximum Gasteiger partial charge on any atom is 0.231 e. The topological polar surface area (TPSA) is 63.9 Å². The maximum atomic E-state index is 13.7. The molecular weight excluding hydrogens is 333 g/mol. The van der Waals surface area contributed by atoms with Gasteiger partial charge in [-0.3, -0.25) is 4.79 Å². The van der Waals surface area contributed by atoms with Crippen molar-refractivity contribution in [3.63, 3.8) is 0 Å². The first-order chi connectivity index (χ1) is 12.6. The number of halogens is 1. The van der Waals surface area contributed by atoms with Crippen LogP contribution in [0.15, 0.2) is 42.7 Å². The van der Waals surface area contributed by atoms with E-state index in [-0.39, 0.29) is 11.7 Å². The number of carbonyl (C=O) groups excluding carboxylic acids is 1. The van der Waals surface area contributed by atoms with E-state index in [4.69, 9.17) is 0 Å². The highest BCUT2D eigenvalue weighted by molar-refractivity contribution is 5.96. The van der Waals surface area contributed by atoms with Gasteiger partial charge in [0.1, 0.15) is 12.1 Å². The lowest BCUT2D eigenvalue weighted by Gasteiger charge is -2.31. The maximum absolute atomic E-state index is 13.7. The molecule has 0 atom stereocenters. The van der Waals surface area contributed by atoms with Gasteiger partial charge in [0, 0.05) is 12.2 Å². The fourth-order valence-electron chi connectivity index (χ4n) is 3.49. The smallest absolute Gasteiger partial charge is 0.231 e. The Morgan fingerprint density at radius 2 is 2.04 bits per heavy atom. The number of benzene rings is 2. The van der Waals surface area contributed by atoms with Gasteiger partial charge in [-0.1, -0.05) is 12.1 Å². The fourth-order valence-corrected chi connectivity index (χ4v) is 3.49. The molecule has 0 aliphatic carbocycles. The molecule has 0 fully saturated rings. The van der Waals surface area contributed by atoms with Gasteiger partial charge in [-0.2, -0.15) is 0 Å². The molecule has 4 rings (SSSR count). The van der Waals surface area contributed by atoms with Crippen LogP contribution in [0.1, 0.15) is 23.1 Å². The van der Waals surface area contributed by atoms with Crippen LogP contribution in [0.2, 0.25) is 0 Å². The summed E-state index contributed by atoms with van der Waals surface area (Å²) in [4.78, 5) is 14.7. The standard InChI is InChI=1S/C19H18FN5O/c1-13-9-16(20)11-15-3-2-8-24(19(13)15)18(26)10-14-4-6-17(7-5-14)25-12-21-22-23-25/h4-7,9,11-12H,2-3,8,10H2,1H3. The molecule has 0 spiro atoms. The lowest BCUT2D eigenvalue weighted by atomic mass is 9.97.